The van der Waals surface area contributed by atoms with Crippen LogP contribution < -0.4 is 10.6 Å². The summed E-state index contributed by atoms with van der Waals surface area (Å²) in [6.45, 7) is 0. The molecule has 2 N–H and O–H groups in total. The number of anilines is 2. The van der Waals surface area contributed by atoms with E-state index in [0.717, 1.165) is 18.2 Å². The van der Waals surface area contributed by atoms with E-state index in [0.29, 0.717) is 12.1 Å². The molecule has 2 aromatic carbocycles. The number of alkyl halides is 6. The Bertz CT molecular complexity index is 838. The molecule has 0 aliphatic carbocycles. The van der Waals surface area contributed by atoms with Gasteiger partial charge in [0, 0.05) is 15.8 Å². The number of nitrogens with one attached hydrogen (secondary N) is 2. The van der Waals surface area contributed by atoms with Crippen LogP contribution in [0.1, 0.15) is 11.1 Å². The number of carbonyl (C=O) groups is 1. The fourth-order valence-corrected chi connectivity index (χ4v) is 2.66. The van der Waals surface area contributed by atoms with Crippen LogP contribution in [0.4, 0.5) is 42.5 Å². The molecule has 0 heterocycles. The summed E-state index contributed by atoms with van der Waals surface area (Å²) in [7, 11) is 0. The number of benzene rings is 2. The highest BCUT2D eigenvalue weighted by Gasteiger charge is 2.33. The third-order valence-corrected chi connectivity index (χ3v) is 3.80. The molecule has 0 unspecified atom stereocenters. The summed E-state index contributed by atoms with van der Waals surface area (Å²) in [4.78, 5) is 11.9. The molecule has 3 nitrogen and oxygen atoms in total. The van der Waals surface area contributed by atoms with Crippen molar-refractivity contribution in [2.45, 2.75) is 12.4 Å². The Morgan fingerprint density at radius 3 is 2.08 bits per heavy atom. The fourth-order valence-electron chi connectivity index (χ4n) is 1.94. The second-order valence-electron chi connectivity index (χ2n) is 5.00. The number of amides is 2. The molecule has 140 valence electrons. The van der Waals surface area contributed by atoms with Gasteiger partial charge in [0.15, 0.2) is 0 Å². The third kappa shape index (κ3) is 5.28. The van der Waals surface area contributed by atoms with Crippen molar-refractivity contribution in [1.29, 1.82) is 0 Å². The van der Waals surface area contributed by atoms with Crippen LogP contribution >= 0.6 is 27.5 Å². The molecule has 0 saturated heterocycles. The summed E-state index contributed by atoms with van der Waals surface area (Å²) in [5.41, 5.74) is -2.59. The molecule has 0 aliphatic heterocycles. The van der Waals surface area contributed by atoms with Gasteiger partial charge in [0.05, 0.1) is 16.1 Å². The number of hydrogen-bond acceptors (Lipinski definition) is 1. The van der Waals surface area contributed by atoms with Crippen LogP contribution in [0, 0.1) is 0 Å². The number of urea groups is 1. The van der Waals surface area contributed by atoms with Crippen molar-refractivity contribution >= 4 is 44.9 Å². The highest BCUT2D eigenvalue weighted by Crippen LogP contribution is 2.36. The summed E-state index contributed by atoms with van der Waals surface area (Å²) in [5.74, 6) is 0. The zero-order valence-corrected chi connectivity index (χ0v) is 14.7. The van der Waals surface area contributed by atoms with Gasteiger partial charge in [0.1, 0.15) is 0 Å². The highest BCUT2D eigenvalue weighted by molar-refractivity contribution is 9.10. The maximum Gasteiger partial charge on any atom is 0.417 e. The van der Waals surface area contributed by atoms with Gasteiger partial charge in [-0.2, -0.15) is 26.3 Å². The van der Waals surface area contributed by atoms with Crippen LogP contribution in [0.15, 0.2) is 40.9 Å². The van der Waals surface area contributed by atoms with Crippen molar-refractivity contribution in [2.24, 2.45) is 0 Å². The second-order valence-corrected chi connectivity index (χ2v) is 6.32. The summed E-state index contributed by atoms with van der Waals surface area (Å²) < 4.78 is 76.7. The summed E-state index contributed by atoms with van der Waals surface area (Å²) in [5, 5.41) is 3.67. The monoisotopic (exact) mass is 460 g/mol. The Morgan fingerprint density at radius 2 is 1.50 bits per heavy atom. The van der Waals surface area contributed by atoms with E-state index < -0.39 is 34.5 Å². The normalized spacial score (nSPS) is 12.0. The first-order valence-corrected chi connectivity index (χ1v) is 7.86. The standard InChI is InChI=1S/C15H8BrClF6N2O/c16-8-3-7(14(18,19)20)4-10(5-8)25-13(26)24-9-1-2-12(17)11(6-9)15(21,22)23/h1-6H,(H2,24,25,26). The van der Waals surface area contributed by atoms with E-state index in [9.17, 15) is 31.1 Å². The van der Waals surface area contributed by atoms with E-state index in [1.165, 1.54) is 6.07 Å². The molecule has 0 radical (unpaired) electrons. The van der Waals surface area contributed by atoms with Crippen LogP contribution in [0.2, 0.25) is 5.02 Å². The van der Waals surface area contributed by atoms with Crippen molar-refractivity contribution < 1.29 is 31.1 Å². The highest BCUT2D eigenvalue weighted by atomic mass is 79.9. The van der Waals surface area contributed by atoms with E-state index in [-0.39, 0.29) is 15.8 Å². The molecule has 0 aromatic heterocycles. The Labute approximate surface area is 156 Å². The van der Waals surface area contributed by atoms with E-state index in [4.69, 9.17) is 11.6 Å². The number of halogens is 8. The summed E-state index contributed by atoms with van der Waals surface area (Å²) in [6.07, 6.45) is -9.36. The van der Waals surface area contributed by atoms with Gasteiger partial charge in [-0.1, -0.05) is 27.5 Å². The van der Waals surface area contributed by atoms with Gasteiger partial charge in [-0.25, -0.2) is 4.79 Å². The molecule has 2 amide bonds. The number of hydrogen-bond donors (Lipinski definition) is 2. The van der Waals surface area contributed by atoms with Crippen molar-refractivity contribution in [2.75, 3.05) is 10.6 Å². The lowest BCUT2D eigenvalue weighted by Crippen LogP contribution is -2.20. The van der Waals surface area contributed by atoms with E-state index in [1.54, 1.807) is 0 Å². The number of rotatable bonds is 2. The average Bonchev–Trinajstić information content (AvgIpc) is 2.46. The molecular formula is C15H8BrClF6N2O. The van der Waals surface area contributed by atoms with Crippen molar-refractivity contribution in [1.82, 2.24) is 0 Å². The molecule has 0 saturated carbocycles. The van der Waals surface area contributed by atoms with Gasteiger partial charge in [-0.05, 0) is 36.4 Å². The van der Waals surface area contributed by atoms with Crippen LogP contribution in [-0.2, 0) is 12.4 Å². The zero-order valence-electron chi connectivity index (χ0n) is 12.4. The first-order valence-electron chi connectivity index (χ1n) is 6.69. The Hall–Kier alpha value is -1.94. The molecule has 26 heavy (non-hydrogen) atoms. The van der Waals surface area contributed by atoms with Gasteiger partial charge >= 0.3 is 18.4 Å². The van der Waals surface area contributed by atoms with Gasteiger partial charge in [-0.3, -0.25) is 0 Å². The maximum absolute atomic E-state index is 12.8. The van der Waals surface area contributed by atoms with Crippen LogP contribution in [-0.4, -0.2) is 6.03 Å². The van der Waals surface area contributed by atoms with Crippen molar-refractivity contribution in [3.05, 3.63) is 57.0 Å². The van der Waals surface area contributed by atoms with Gasteiger partial charge in [-0.15, -0.1) is 0 Å². The first-order chi connectivity index (χ1) is 11.9. The molecule has 0 fully saturated rings. The van der Waals surface area contributed by atoms with Crippen LogP contribution in [0.3, 0.4) is 0 Å². The molecular weight excluding hydrogens is 454 g/mol. The quantitative estimate of drug-likeness (QED) is 0.475. The minimum atomic E-state index is -4.73. The average molecular weight is 462 g/mol. The third-order valence-electron chi connectivity index (χ3n) is 3.01. The minimum Gasteiger partial charge on any atom is -0.308 e. The summed E-state index contributed by atoms with van der Waals surface area (Å²) >= 11 is 8.35. The molecule has 0 bridgehead atoms. The predicted octanol–water partition coefficient (Wildman–Crippen LogP) is 6.78. The van der Waals surface area contributed by atoms with E-state index in [1.807, 2.05) is 0 Å². The molecule has 2 rings (SSSR count). The zero-order chi connectivity index (χ0) is 19.7. The lowest BCUT2D eigenvalue weighted by Gasteiger charge is -2.13. The van der Waals surface area contributed by atoms with E-state index >= 15 is 0 Å². The fraction of sp³-hybridized carbons (Fsp3) is 0.133. The molecule has 0 aliphatic rings. The van der Waals surface area contributed by atoms with Gasteiger partial charge in [0.25, 0.3) is 0 Å². The minimum absolute atomic E-state index is 0.0634. The molecule has 0 spiro atoms. The van der Waals surface area contributed by atoms with Gasteiger partial charge in [0.2, 0.25) is 0 Å². The SMILES string of the molecule is O=C(Nc1cc(Br)cc(C(F)(F)F)c1)Nc1ccc(Cl)c(C(F)(F)F)c1. The smallest absolute Gasteiger partial charge is 0.308 e. The molecule has 11 heteroatoms. The maximum atomic E-state index is 12.8. The molecule has 0 atom stereocenters. The second kappa shape index (κ2) is 7.36. The van der Waals surface area contributed by atoms with E-state index in [2.05, 4.69) is 26.6 Å². The van der Waals surface area contributed by atoms with Crippen molar-refractivity contribution in [3.8, 4) is 0 Å². The number of carbonyl (C=O) groups excluding carboxylic acids is 1. The lowest BCUT2D eigenvalue weighted by molar-refractivity contribution is -0.138. The first kappa shape index (κ1) is 20.4. The lowest BCUT2D eigenvalue weighted by atomic mass is 10.2. The van der Waals surface area contributed by atoms with Gasteiger partial charge < -0.3 is 10.6 Å². The predicted molar refractivity (Wildman–Crippen MR) is 88.2 cm³/mol. The Kier molecular flexibility index (Phi) is 5.76. The topological polar surface area (TPSA) is 41.1 Å². The van der Waals surface area contributed by atoms with Crippen LogP contribution in [0.25, 0.3) is 0 Å². The van der Waals surface area contributed by atoms with Crippen LogP contribution in [0.5, 0.6) is 0 Å². The Morgan fingerprint density at radius 1 is 0.885 bits per heavy atom. The molecule has 2 aromatic rings. The van der Waals surface area contributed by atoms with Crippen molar-refractivity contribution in [3.63, 3.8) is 0 Å². The largest absolute Gasteiger partial charge is 0.417 e. The summed E-state index contributed by atoms with van der Waals surface area (Å²) in [6, 6.07) is 4.37. The Balaban J connectivity index is 2.19.